The van der Waals surface area contributed by atoms with Gasteiger partial charge in [0.1, 0.15) is 5.82 Å². The molecule has 1 aromatic heterocycles. The lowest BCUT2D eigenvalue weighted by atomic mass is 9.97. The summed E-state index contributed by atoms with van der Waals surface area (Å²) >= 11 is 0. The maximum absolute atomic E-state index is 4.71. The maximum atomic E-state index is 4.71. The molecule has 3 nitrogen and oxygen atoms in total. The summed E-state index contributed by atoms with van der Waals surface area (Å²) in [5.41, 5.74) is 3.59. The molecule has 2 unspecified atom stereocenters. The van der Waals surface area contributed by atoms with Crippen LogP contribution in [0.2, 0.25) is 0 Å². The van der Waals surface area contributed by atoms with E-state index in [9.17, 15) is 0 Å². The van der Waals surface area contributed by atoms with Crippen molar-refractivity contribution in [1.82, 2.24) is 15.3 Å². The third kappa shape index (κ3) is 4.27. The number of aryl methyl sites for hydroxylation is 2. The minimum Gasteiger partial charge on any atom is -0.314 e. The van der Waals surface area contributed by atoms with Crippen molar-refractivity contribution in [3.8, 4) is 0 Å². The van der Waals surface area contributed by atoms with Crippen molar-refractivity contribution < 1.29 is 0 Å². The van der Waals surface area contributed by atoms with Crippen LogP contribution >= 0.6 is 0 Å². The van der Waals surface area contributed by atoms with Crippen LogP contribution in [0.15, 0.2) is 0 Å². The molecule has 0 radical (unpaired) electrons. The fraction of sp³-hybridized carbons (Fsp3) is 0.750. The van der Waals surface area contributed by atoms with Crippen LogP contribution in [0, 0.1) is 13.8 Å². The van der Waals surface area contributed by atoms with Crippen LogP contribution in [0.25, 0.3) is 0 Å². The Morgan fingerprint density at radius 2 is 1.47 bits per heavy atom. The quantitative estimate of drug-likeness (QED) is 0.850. The Hall–Kier alpha value is -0.960. The van der Waals surface area contributed by atoms with Gasteiger partial charge in [0.25, 0.3) is 0 Å². The van der Waals surface area contributed by atoms with Crippen molar-refractivity contribution in [2.75, 3.05) is 6.54 Å². The summed E-state index contributed by atoms with van der Waals surface area (Å²) in [5.74, 6) is 1.88. The molecule has 0 aliphatic carbocycles. The lowest BCUT2D eigenvalue weighted by Crippen LogP contribution is -2.28. The third-order valence-corrected chi connectivity index (χ3v) is 3.72. The first-order valence-electron chi connectivity index (χ1n) is 7.45. The van der Waals surface area contributed by atoms with E-state index >= 15 is 0 Å². The van der Waals surface area contributed by atoms with Crippen LogP contribution in [0.1, 0.15) is 75.7 Å². The Balaban J connectivity index is 2.96. The fourth-order valence-electron chi connectivity index (χ4n) is 2.38. The van der Waals surface area contributed by atoms with E-state index in [-0.39, 0.29) is 0 Å². The van der Waals surface area contributed by atoms with Crippen molar-refractivity contribution in [1.29, 1.82) is 0 Å². The van der Waals surface area contributed by atoms with Gasteiger partial charge < -0.3 is 5.32 Å². The van der Waals surface area contributed by atoms with Crippen molar-refractivity contribution in [3.63, 3.8) is 0 Å². The van der Waals surface area contributed by atoms with Crippen molar-refractivity contribution in [2.24, 2.45) is 0 Å². The van der Waals surface area contributed by atoms with Gasteiger partial charge in [-0.25, -0.2) is 9.97 Å². The van der Waals surface area contributed by atoms with Crippen LogP contribution in [0.5, 0.6) is 0 Å². The highest BCUT2D eigenvalue weighted by molar-refractivity contribution is 5.28. The number of nitrogens with one attached hydrogen (secondary N) is 1. The van der Waals surface area contributed by atoms with Gasteiger partial charge >= 0.3 is 0 Å². The Kier molecular flexibility index (Phi) is 5.92. The first-order valence-corrected chi connectivity index (χ1v) is 7.45. The topological polar surface area (TPSA) is 37.8 Å². The standard InChI is InChI=1S/C16H29N3/c1-8-11(4)16-18-13(6)15(14(7)19-16)12(5)9-17-10(2)3/h10-12,17H,8-9H2,1-7H3. The van der Waals surface area contributed by atoms with E-state index in [2.05, 4.69) is 53.8 Å². The Morgan fingerprint density at radius 1 is 0.947 bits per heavy atom. The molecule has 1 heterocycles. The van der Waals surface area contributed by atoms with Crippen LogP contribution in [-0.2, 0) is 0 Å². The molecule has 0 amide bonds. The van der Waals surface area contributed by atoms with Crippen molar-refractivity contribution in [3.05, 3.63) is 22.8 Å². The first kappa shape index (κ1) is 16.1. The van der Waals surface area contributed by atoms with E-state index in [1.807, 2.05) is 0 Å². The largest absolute Gasteiger partial charge is 0.314 e. The summed E-state index contributed by atoms with van der Waals surface area (Å²) in [4.78, 5) is 9.43. The number of hydrogen-bond donors (Lipinski definition) is 1. The summed E-state index contributed by atoms with van der Waals surface area (Å²) in [5, 5.41) is 3.49. The minimum atomic E-state index is 0.440. The van der Waals surface area contributed by atoms with Crippen molar-refractivity contribution >= 4 is 0 Å². The molecule has 0 aliphatic heterocycles. The molecule has 19 heavy (non-hydrogen) atoms. The first-order chi connectivity index (χ1) is 8.86. The highest BCUT2D eigenvalue weighted by atomic mass is 14.9. The van der Waals surface area contributed by atoms with E-state index < -0.39 is 0 Å². The highest BCUT2D eigenvalue weighted by Crippen LogP contribution is 2.23. The molecule has 108 valence electrons. The van der Waals surface area contributed by atoms with Gasteiger partial charge in [-0.1, -0.05) is 34.6 Å². The molecule has 1 N–H and O–H groups in total. The lowest BCUT2D eigenvalue weighted by Gasteiger charge is -2.20. The lowest BCUT2D eigenvalue weighted by molar-refractivity contribution is 0.541. The number of nitrogens with zero attached hydrogens (tertiary/aromatic N) is 2. The zero-order valence-electron chi connectivity index (χ0n) is 13.5. The molecule has 1 aromatic rings. The van der Waals surface area contributed by atoms with Gasteiger partial charge in [-0.2, -0.15) is 0 Å². The van der Waals surface area contributed by atoms with Gasteiger partial charge in [0.05, 0.1) is 0 Å². The summed E-state index contributed by atoms with van der Waals surface area (Å²) < 4.78 is 0. The Morgan fingerprint density at radius 3 is 1.89 bits per heavy atom. The molecule has 0 spiro atoms. The highest BCUT2D eigenvalue weighted by Gasteiger charge is 2.17. The van der Waals surface area contributed by atoms with Crippen LogP contribution in [0.3, 0.4) is 0 Å². The molecule has 0 fully saturated rings. The molecule has 0 saturated heterocycles. The molecule has 0 saturated carbocycles. The second-order valence-electron chi connectivity index (χ2n) is 5.94. The molecular weight excluding hydrogens is 234 g/mol. The second-order valence-corrected chi connectivity index (χ2v) is 5.94. The van der Waals surface area contributed by atoms with Crippen molar-refractivity contribution in [2.45, 2.75) is 72.8 Å². The molecule has 3 heteroatoms. The van der Waals surface area contributed by atoms with Gasteiger partial charge in [-0.05, 0) is 31.7 Å². The van der Waals surface area contributed by atoms with E-state index in [0.717, 1.165) is 30.2 Å². The predicted octanol–water partition coefficient (Wildman–Crippen LogP) is 3.71. The van der Waals surface area contributed by atoms with E-state index in [1.54, 1.807) is 0 Å². The van der Waals surface area contributed by atoms with Crippen LogP contribution in [-0.4, -0.2) is 22.6 Å². The molecule has 0 bridgehead atoms. The predicted molar refractivity (Wildman–Crippen MR) is 81.8 cm³/mol. The molecule has 0 aromatic carbocycles. The number of hydrogen-bond acceptors (Lipinski definition) is 3. The number of aromatic nitrogens is 2. The minimum absolute atomic E-state index is 0.440. The van der Waals surface area contributed by atoms with Gasteiger partial charge in [-0.15, -0.1) is 0 Å². The molecule has 1 rings (SSSR count). The summed E-state index contributed by atoms with van der Waals surface area (Å²) in [7, 11) is 0. The zero-order valence-corrected chi connectivity index (χ0v) is 13.5. The third-order valence-electron chi connectivity index (χ3n) is 3.72. The average molecular weight is 263 g/mol. The Bertz CT molecular complexity index is 389. The zero-order chi connectivity index (χ0) is 14.6. The number of rotatable bonds is 6. The van der Waals surface area contributed by atoms with E-state index in [1.165, 1.54) is 5.56 Å². The summed E-state index contributed by atoms with van der Waals surface area (Å²) in [6.45, 7) is 16.2. The van der Waals surface area contributed by atoms with Gasteiger partial charge in [-0.3, -0.25) is 0 Å². The SMILES string of the molecule is CCC(C)c1nc(C)c(C(C)CNC(C)C)c(C)n1. The smallest absolute Gasteiger partial charge is 0.131 e. The van der Waals surface area contributed by atoms with Crippen LogP contribution in [0.4, 0.5) is 0 Å². The second kappa shape index (κ2) is 6.99. The maximum Gasteiger partial charge on any atom is 0.131 e. The van der Waals surface area contributed by atoms with Crippen LogP contribution < -0.4 is 5.32 Å². The van der Waals surface area contributed by atoms with Gasteiger partial charge in [0.2, 0.25) is 0 Å². The monoisotopic (exact) mass is 263 g/mol. The Labute approximate surface area is 118 Å². The summed E-state index contributed by atoms with van der Waals surface area (Å²) in [6, 6.07) is 0.517. The van der Waals surface area contributed by atoms with E-state index in [0.29, 0.717) is 17.9 Å². The molecular formula is C16H29N3. The molecule has 0 aliphatic rings. The summed E-state index contributed by atoms with van der Waals surface area (Å²) in [6.07, 6.45) is 1.09. The normalized spacial score (nSPS) is 14.7. The average Bonchev–Trinajstić information content (AvgIpc) is 2.34. The van der Waals surface area contributed by atoms with Gasteiger partial charge in [0, 0.05) is 29.9 Å². The van der Waals surface area contributed by atoms with E-state index in [4.69, 9.17) is 9.97 Å². The fourth-order valence-corrected chi connectivity index (χ4v) is 2.38. The van der Waals surface area contributed by atoms with Gasteiger partial charge in [0.15, 0.2) is 0 Å². The molecule has 2 atom stereocenters.